The Morgan fingerprint density at radius 3 is 2.56 bits per heavy atom. The molecule has 10 nitrogen and oxygen atoms in total. The van der Waals surface area contributed by atoms with Gasteiger partial charge < -0.3 is 19.4 Å². The number of imidazole rings is 1. The van der Waals surface area contributed by atoms with Crippen LogP contribution in [-0.2, 0) is 24.4 Å². The van der Waals surface area contributed by atoms with Crippen molar-refractivity contribution < 1.29 is 14.3 Å². The molecule has 1 aliphatic heterocycles. The fourth-order valence-corrected chi connectivity index (χ4v) is 3.99. The molecule has 0 atom stereocenters. The molecule has 2 aromatic carbocycles. The van der Waals surface area contributed by atoms with Gasteiger partial charge in [-0.3, -0.25) is 14.2 Å². The summed E-state index contributed by atoms with van der Waals surface area (Å²) in [5.41, 5.74) is 0.782. The second-order valence-electron chi connectivity index (χ2n) is 7.86. The molecule has 0 radical (unpaired) electrons. The third-order valence-electron chi connectivity index (χ3n) is 5.64. The predicted molar refractivity (Wildman–Crippen MR) is 126 cm³/mol. The predicted octanol–water partition coefficient (Wildman–Crippen LogP) is 1.84. The smallest absolute Gasteiger partial charge is 0.333 e. The van der Waals surface area contributed by atoms with Crippen LogP contribution in [0.25, 0.3) is 11.2 Å². The number of fused-ring (bicyclic) bond motifs is 2. The highest BCUT2D eigenvalue weighted by Gasteiger charge is 2.20. The molecule has 2 aromatic heterocycles. The van der Waals surface area contributed by atoms with Crippen molar-refractivity contribution >= 4 is 22.8 Å². The highest BCUT2D eigenvalue weighted by molar-refractivity contribution is 5.91. The van der Waals surface area contributed by atoms with E-state index in [0.29, 0.717) is 42.6 Å². The van der Waals surface area contributed by atoms with Crippen LogP contribution in [0.15, 0.2) is 64.4 Å². The number of nitrogens with zero attached hydrogens (tertiary/aromatic N) is 4. The quantitative estimate of drug-likeness (QED) is 0.469. The molecule has 3 heterocycles. The number of benzene rings is 2. The van der Waals surface area contributed by atoms with E-state index < -0.39 is 23.7 Å². The number of carbonyl (C=O) groups excluding carboxylic acids is 1. The molecule has 10 heteroatoms. The van der Waals surface area contributed by atoms with E-state index in [1.807, 2.05) is 37.3 Å². The van der Waals surface area contributed by atoms with Gasteiger partial charge in [-0.2, -0.15) is 0 Å². The van der Waals surface area contributed by atoms with E-state index in [1.54, 1.807) is 22.8 Å². The summed E-state index contributed by atoms with van der Waals surface area (Å²) in [6.07, 6.45) is 1.53. The largest absolute Gasteiger partial charge is 0.486 e. The van der Waals surface area contributed by atoms with Gasteiger partial charge in [0.15, 0.2) is 22.7 Å². The number of anilines is 1. The maximum absolute atomic E-state index is 13.3. The van der Waals surface area contributed by atoms with Gasteiger partial charge in [-0.05, 0) is 24.6 Å². The van der Waals surface area contributed by atoms with Crippen LogP contribution in [0, 0.1) is 0 Å². The zero-order valence-corrected chi connectivity index (χ0v) is 18.6. The molecule has 4 aromatic rings. The van der Waals surface area contributed by atoms with Crippen LogP contribution < -0.4 is 26.0 Å². The van der Waals surface area contributed by atoms with Crippen LogP contribution >= 0.6 is 0 Å². The summed E-state index contributed by atoms with van der Waals surface area (Å²) in [4.78, 5) is 43.8. The Morgan fingerprint density at radius 2 is 1.79 bits per heavy atom. The number of rotatable bonds is 6. The second kappa shape index (κ2) is 8.89. The van der Waals surface area contributed by atoms with Crippen LogP contribution in [0.2, 0.25) is 0 Å². The van der Waals surface area contributed by atoms with Crippen molar-refractivity contribution in [3.05, 3.63) is 81.3 Å². The van der Waals surface area contributed by atoms with E-state index in [0.717, 1.165) is 10.1 Å². The van der Waals surface area contributed by atoms with Crippen molar-refractivity contribution in [3.63, 3.8) is 0 Å². The molecule has 0 aliphatic carbocycles. The lowest BCUT2D eigenvalue weighted by Gasteiger charge is -2.19. The topological polar surface area (TPSA) is 109 Å². The van der Waals surface area contributed by atoms with Crippen LogP contribution in [0.4, 0.5) is 5.69 Å². The number of hydrogen-bond acceptors (Lipinski definition) is 6. The highest BCUT2D eigenvalue weighted by Crippen LogP contribution is 2.32. The van der Waals surface area contributed by atoms with E-state index in [1.165, 1.54) is 10.9 Å². The first kappa shape index (κ1) is 21.5. The van der Waals surface area contributed by atoms with E-state index >= 15 is 0 Å². The maximum Gasteiger partial charge on any atom is 0.333 e. The summed E-state index contributed by atoms with van der Waals surface area (Å²) in [5, 5.41) is 2.73. The molecule has 0 bridgehead atoms. The minimum Gasteiger partial charge on any atom is -0.486 e. The third kappa shape index (κ3) is 3.94. The fourth-order valence-electron chi connectivity index (χ4n) is 3.99. The average molecular weight is 461 g/mol. The van der Waals surface area contributed by atoms with Crippen molar-refractivity contribution in [2.75, 3.05) is 18.5 Å². The molecule has 0 fully saturated rings. The first-order valence-corrected chi connectivity index (χ1v) is 11.0. The molecule has 174 valence electrons. The summed E-state index contributed by atoms with van der Waals surface area (Å²) in [5.74, 6) is 0.617. The van der Waals surface area contributed by atoms with Gasteiger partial charge in [0, 0.05) is 18.3 Å². The number of nitrogens with one attached hydrogen (secondary N) is 1. The van der Waals surface area contributed by atoms with Crippen molar-refractivity contribution in [3.8, 4) is 11.5 Å². The Labute approximate surface area is 194 Å². The standard InChI is InChI=1S/C24H23N5O5/c1-2-27-15-25-22-21(27)23(31)29(24(32)28(22)13-16-6-4-3-5-7-16)14-20(30)26-17-8-9-18-19(12-17)34-11-10-33-18/h3-9,12,15H,2,10-11,13-14H2,1H3,(H,26,30). The minimum atomic E-state index is -0.597. The van der Waals surface area contributed by atoms with Gasteiger partial charge in [0.1, 0.15) is 19.8 Å². The van der Waals surface area contributed by atoms with Gasteiger partial charge in [-0.25, -0.2) is 14.3 Å². The normalized spacial score (nSPS) is 12.6. The molecular formula is C24H23N5O5. The number of hydrogen-bond donors (Lipinski definition) is 1. The van der Waals surface area contributed by atoms with Crippen LogP contribution in [0.3, 0.4) is 0 Å². The Kier molecular flexibility index (Phi) is 5.62. The Morgan fingerprint density at radius 1 is 1.03 bits per heavy atom. The molecule has 0 unspecified atom stereocenters. The summed E-state index contributed by atoms with van der Waals surface area (Å²) in [7, 11) is 0. The number of carbonyl (C=O) groups is 1. The first-order chi connectivity index (χ1) is 16.5. The molecular weight excluding hydrogens is 438 g/mol. The lowest BCUT2D eigenvalue weighted by Crippen LogP contribution is -2.43. The number of ether oxygens (including phenoxy) is 2. The molecule has 34 heavy (non-hydrogen) atoms. The lowest BCUT2D eigenvalue weighted by molar-refractivity contribution is -0.116. The molecule has 0 saturated carbocycles. The molecule has 0 spiro atoms. The number of amides is 1. The molecule has 1 aliphatic rings. The van der Waals surface area contributed by atoms with Gasteiger partial charge >= 0.3 is 5.69 Å². The van der Waals surface area contributed by atoms with Crippen LogP contribution in [-0.4, -0.2) is 37.8 Å². The van der Waals surface area contributed by atoms with Crippen LogP contribution in [0.1, 0.15) is 12.5 Å². The zero-order chi connectivity index (χ0) is 23.7. The van der Waals surface area contributed by atoms with Gasteiger partial charge in [0.05, 0.1) is 12.9 Å². The van der Waals surface area contributed by atoms with Gasteiger partial charge in [-0.1, -0.05) is 30.3 Å². The SMILES string of the molecule is CCn1cnc2c1c(=O)n(CC(=O)Nc1ccc3c(c1)OCCO3)c(=O)n2Cc1ccccc1. The summed E-state index contributed by atoms with van der Waals surface area (Å²) < 4.78 is 15.1. The summed E-state index contributed by atoms with van der Waals surface area (Å²) >= 11 is 0. The van der Waals surface area contributed by atoms with Gasteiger partial charge in [-0.15, -0.1) is 0 Å². The maximum atomic E-state index is 13.3. The number of aromatic nitrogens is 4. The van der Waals surface area contributed by atoms with E-state index in [4.69, 9.17) is 9.47 Å². The average Bonchev–Trinajstić information content (AvgIpc) is 3.29. The van der Waals surface area contributed by atoms with E-state index in [-0.39, 0.29) is 12.1 Å². The third-order valence-corrected chi connectivity index (χ3v) is 5.64. The Hall–Kier alpha value is -4.34. The zero-order valence-electron chi connectivity index (χ0n) is 18.6. The molecule has 1 N–H and O–H groups in total. The van der Waals surface area contributed by atoms with Gasteiger partial charge in [0.2, 0.25) is 5.91 Å². The fraction of sp³-hybridized carbons (Fsp3) is 0.250. The monoisotopic (exact) mass is 461 g/mol. The summed E-state index contributed by atoms with van der Waals surface area (Å²) in [6.45, 7) is 3.05. The number of aryl methyl sites for hydroxylation is 1. The minimum absolute atomic E-state index is 0.223. The van der Waals surface area contributed by atoms with E-state index in [2.05, 4.69) is 10.3 Å². The van der Waals surface area contributed by atoms with Crippen molar-refractivity contribution in [2.24, 2.45) is 0 Å². The van der Waals surface area contributed by atoms with Gasteiger partial charge in [0.25, 0.3) is 5.56 Å². The highest BCUT2D eigenvalue weighted by atomic mass is 16.6. The van der Waals surface area contributed by atoms with Crippen molar-refractivity contribution in [2.45, 2.75) is 26.6 Å². The first-order valence-electron chi connectivity index (χ1n) is 11.0. The lowest BCUT2D eigenvalue weighted by atomic mass is 10.2. The summed E-state index contributed by atoms with van der Waals surface area (Å²) in [6, 6.07) is 14.4. The Bertz CT molecular complexity index is 1490. The van der Waals surface area contributed by atoms with E-state index in [9.17, 15) is 14.4 Å². The molecule has 5 rings (SSSR count). The van der Waals surface area contributed by atoms with Crippen molar-refractivity contribution in [1.82, 2.24) is 18.7 Å². The molecule has 1 amide bonds. The van der Waals surface area contributed by atoms with Crippen LogP contribution in [0.5, 0.6) is 11.5 Å². The second-order valence-corrected chi connectivity index (χ2v) is 7.86. The molecule has 0 saturated heterocycles. The van der Waals surface area contributed by atoms with Crippen molar-refractivity contribution in [1.29, 1.82) is 0 Å². The Balaban J connectivity index is 1.50.